The lowest BCUT2D eigenvalue weighted by molar-refractivity contribution is -0.135. The quantitative estimate of drug-likeness (QED) is 0.347. The van der Waals surface area contributed by atoms with Gasteiger partial charge in [-0.3, -0.25) is 9.79 Å². The fourth-order valence-corrected chi connectivity index (χ4v) is 4.09. The molecule has 29 heavy (non-hydrogen) atoms. The number of carbonyl (C=O) groups is 1. The third kappa shape index (κ3) is 7.35. The Labute approximate surface area is 191 Å². The minimum absolute atomic E-state index is 0. The largest absolute Gasteiger partial charge is 0.489 e. The highest BCUT2D eigenvalue weighted by Gasteiger charge is 2.31. The van der Waals surface area contributed by atoms with Crippen molar-refractivity contribution >= 4 is 35.8 Å². The van der Waals surface area contributed by atoms with Crippen molar-refractivity contribution in [3.05, 3.63) is 30.3 Å². The average Bonchev–Trinajstić information content (AvgIpc) is 3.20. The Morgan fingerprint density at radius 3 is 2.62 bits per heavy atom. The van der Waals surface area contributed by atoms with Gasteiger partial charge >= 0.3 is 0 Å². The molecule has 0 aromatic heterocycles. The molecule has 1 aromatic carbocycles. The van der Waals surface area contributed by atoms with E-state index in [9.17, 15) is 4.79 Å². The Morgan fingerprint density at radius 1 is 1.21 bits per heavy atom. The van der Waals surface area contributed by atoms with Crippen molar-refractivity contribution in [3.8, 4) is 5.75 Å². The van der Waals surface area contributed by atoms with Crippen LogP contribution in [-0.4, -0.2) is 55.6 Å². The van der Waals surface area contributed by atoms with Crippen molar-refractivity contribution in [2.45, 2.75) is 57.6 Å². The van der Waals surface area contributed by atoms with Gasteiger partial charge in [-0.1, -0.05) is 37.5 Å². The van der Waals surface area contributed by atoms with E-state index in [0.717, 1.165) is 44.1 Å². The molecule has 0 spiro atoms. The second-order valence-electron chi connectivity index (χ2n) is 7.94. The van der Waals surface area contributed by atoms with Crippen molar-refractivity contribution in [1.29, 1.82) is 0 Å². The zero-order valence-corrected chi connectivity index (χ0v) is 19.9. The number of aliphatic imine (C=N–C) groups is 1. The van der Waals surface area contributed by atoms with Gasteiger partial charge in [0.2, 0.25) is 5.91 Å². The predicted molar refractivity (Wildman–Crippen MR) is 128 cm³/mol. The SMILES string of the molecule is CN=C(NCC(C)Oc1ccccc1)NC1CCN(C(=O)C2CCCCC2)C1.I. The van der Waals surface area contributed by atoms with E-state index in [4.69, 9.17) is 4.74 Å². The fraction of sp³-hybridized carbons (Fsp3) is 0.636. The van der Waals surface area contributed by atoms with E-state index in [-0.39, 0.29) is 42.0 Å². The number of halogens is 1. The molecule has 1 heterocycles. The molecule has 1 amide bonds. The molecule has 1 saturated heterocycles. The van der Waals surface area contributed by atoms with Gasteiger partial charge in [-0.2, -0.15) is 0 Å². The lowest BCUT2D eigenvalue weighted by Gasteiger charge is -2.26. The van der Waals surface area contributed by atoms with Crippen LogP contribution in [0.25, 0.3) is 0 Å². The minimum atomic E-state index is 0. The summed E-state index contributed by atoms with van der Waals surface area (Å²) in [6.45, 7) is 4.31. The van der Waals surface area contributed by atoms with Gasteiger partial charge in [-0.25, -0.2) is 0 Å². The predicted octanol–water partition coefficient (Wildman–Crippen LogP) is 3.42. The van der Waals surface area contributed by atoms with Gasteiger partial charge in [0.1, 0.15) is 11.9 Å². The number of hydrogen-bond acceptors (Lipinski definition) is 3. The van der Waals surface area contributed by atoms with Crippen molar-refractivity contribution in [3.63, 3.8) is 0 Å². The van der Waals surface area contributed by atoms with Crippen LogP contribution < -0.4 is 15.4 Å². The highest BCUT2D eigenvalue weighted by Crippen LogP contribution is 2.26. The van der Waals surface area contributed by atoms with Gasteiger partial charge in [0.25, 0.3) is 0 Å². The summed E-state index contributed by atoms with van der Waals surface area (Å²) in [4.78, 5) is 19.1. The molecule has 6 nitrogen and oxygen atoms in total. The van der Waals surface area contributed by atoms with Gasteiger partial charge in [0.15, 0.2) is 5.96 Å². The summed E-state index contributed by atoms with van der Waals surface area (Å²) < 4.78 is 5.90. The van der Waals surface area contributed by atoms with Crippen LogP contribution in [0.5, 0.6) is 5.75 Å². The second kappa shape index (κ2) is 12.2. The molecule has 0 radical (unpaired) electrons. The smallest absolute Gasteiger partial charge is 0.225 e. The van der Waals surface area contributed by atoms with Gasteiger partial charge in [0, 0.05) is 32.1 Å². The number of carbonyl (C=O) groups excluding carboxylic acids is 1. The van der Waals surface area contributed by atoms with Crippen LogP contribution >= 0.6 is 24.0 Å². The van der Waals surface area contributed by atoms with E-state index < -0.39 is 0 Å². The lowest BCUT2D eigenvalue weighted by Crippen LogP contribution is -2.47. The topological polar surface area (TPSA) is 66.0 Å². The summed E-state index contributed by atoms with van der Waals surface area (Å²) in [5.41, 5.74) is 0. The first-order valence-electron chi connectivity index (χ1n) is 10.6. The molecule has 1 saturated carbocycles. The number of nitrogens with zero attached hydrogens (tertiary/aromatic N) is 2. The van der Waals surface area contributed by atoms with Crippen molar-refractivity contribution in [2.75, 3.05) is 26.7 Å². The molecule has 2 aliphatic rings. The van der Waals surface area contributed by atoms with E-state index in [1.54, 1.807) is 7.05 Å². The molecular formula is C22H35IN4O2. The highest BCUT2D eigenvalue weighted by molar-refractivity contribution is 14.0. The maximum Gasteiger partial charge on any atom is 0.225 e. The summed E-state index contributed by atoms with van der Waals surface area (Å²) >= 11 is 0. The number of amides is 1. The van der Waals surface area contributed by atoms with Crippen LogP contribution in [0.3, 0.4) is 0 Å². The Balaban J connectivity index is 0.00000300. The molecular weight excluding hydrogens is 479 g/mol. The lowest BCUT2D eigenvalue weighted by atomic mass is 9.88. The molecule has 1 aliphatic heterocycles. The average molecular weight is 514 g/mol. The van der Waals surface area contributed by atoms with Gasteiger partial charge in [-0.15, -0.1) is 24.0 Å². The van der Waals surface area contributed by atoms with Gasteiger partial charge in [0.05, 0.1) is 6.54 Å². The molecule has 0 bridgehead atoms. The number of ether oxygens (including phenoxy) is 1. The molecule has 7 heteroatoms. The molecule has 3 rings (SSSR count). The number of guanidine groups is 1. The summed E-state index contributed by atoms with van der Waals surface area (Å²) in [6, 6.07) is 10.1. The number of hydrogen-bond donors (Lipinski definition) is 2. The zero-order valence-electron chi connectivity index (χ0n) is 17.6. The first-order valence-corrected chi connectivity index (χ1v) is 10.6. The summed E-state index contributed by atoms with van der Waals surface area (Å²) in [5, 5.41) is 6.80. The number of benzene rings is 1. The van der Waals surface area contributed by atoms with Crippen molar-refractivity contribution in [1.82, 2.24) is 15.5 Å². The molecule has 1 aromatic rings. The van der Waals surface area contributed by atoms with E-state index in [2.05, 4.69) is 15.6 Å². The molecule has 1 aliphatic carbocycles. The van der Waals surface area contributed by atoms with Gasteiger partial charge in [-0.05, 0) is 38.3 Å². The number of likely N-dealkylation sites (tertiary alicyclic amines) is 1. The van der Waals surface area contributed by atoms with Crippen LogP contribution in [0.1, 0.15) is 45.4 Å². The Bertz CT molecular complexity index is 649. The number of rotatable bonds is 6. The summed E-state index contributed by atoms with van der Waals surface area (Å²) in [7, 11) is 1.78. The molecule has 2 atom stereocenters. The highest BCUT2D eigenvalue weighted by atomic mass is 127. The summed E-state index contributed by atoms with van der Waals surface area (Å²) in [5.74, 6) is 2.24. The fourth-order valence-electron chi connectivity index (χ4n) is 4.09. The Morgan fingerprint density at radius 2 is 1.93 bits per heavy atom. The Hall–Kier alpha value is -1.51. The monoisotopic (exact) mass is 514 g/mol. The van der Waals surface area contributed by atoms with Crippen LogP contribution in [0, 0.1) is 5.92 Å². The Kier molecular flexibility index (Phi) is 10.0. The maximum absolute atomic E-state index is 12.7. The minimum Gasteiger partial charge on any atom is -0.489 e. The third-order valence-electron chi connectivity index (χ3n) is 5.66. The second-order valence-corrected chi connectivity index (χ2v) is 7.94. The zero-order chi connectivity index (χ0) is 19.8. The van der Waals surface area contributed by atoms with E-state index >= 15 is 0 Å². The number of nitrogens with one attached hydrogen (secondary N) is 2. The van der Waals surface area contributed by atoms with Crippen molar-refractivity contribution in [2.24, 2.45) is 10.9 Å². The van der Waals surface area contributed by atoms with Gasteiger partial charge < -0.3 is 20.3 Å². The number of para-hydroxylation sites is 1. The first-order chi connectivity index (χ1) is 13.7. The maximum atomic E-state index is 12.7. The molecule has 162 valence electrons. The van der Waals surface area contributed by atoms with Crippen molar-refractivity contribution < 1.29 is 9.53 Å². The van der Waals surface area contributed by atoms with E-state index in [1.165, 1.54) is 19.3 Å². The standard InChI is InChI=1S/C22H34N4O2.HI/c1-17(28-20-11-7-4-8-12-20)15-24-22(23-2)25-19-13-14-26(16-19)21(27)18-9-5-3-6-10-18;/h4,7-8,11-12,17-19H,3,5-6,9-10,13-16H2,1-2H3,(H2,23,24,25);1H. The molecule has 2 unspecified atom stereocenters. The molecule has 2 fully saturated rings. The summed E-state index contributed by atoms with van der Waals surface area (Å²) in [6.07, 6.45) is 6.80. The van der Waals surface area contributed by atoms with Crippen LogP contribution in [0.4, 0.5) is 0 Å². The van der Waals surface area contributed by atoms with E-state index in [1.807, 2.05) is 42.2 Å². The molecule has 2 N–H and O–H groups in total. The van der Waals surface area contributed by atoms with Crippen LogP contribution in [-0.2, 0) is 4.79 Å². The third-order valence-corrected chi connectivity index (χ3v) is 5.66. The van der Waals surface area contributed by atoms with Crippen LogP contribution in [0.2, 0.25) is 0 Å². The first kappa shape index (κ1) is 23.8. The normalized spacial score (nSPS) is 21.2. The van der Waals surface area contributed by atoms with E-state index in [0.29, 0.717) is 12.5 Å². The van der Waals surface area contributed by atoms with Crippen LogP contribution in [0.15, 0.2) is 35.3 Å².